The molecule has 1 aromatic carbocycles. The Hall–Kier alpha value is -0.670. The van der Waals surface area contributed by atoms with Gasteiger partial charge in [0.1, 0.15) is 11.0 Å². The fourth-order valence-corrected chi connectivity index (χ4v) is 3.70. The topological polar surface area (TPSA) is 95.7 Å². The van der Waals surface area contributed by atoms with Crippen molar-refractivity contribution in [1.82, 2.24) is 0 Å². The number of esters is 1. The molecule has 1 aromatic rings. The molecule has 1 aliphatic rings. The zero-order valence-corrected chi connectivity index (χ0v) is 14.0. The third-order valence-corrected chi connectivity index (χ3v) is 4.88. The van der Waals surface area contributed by atoms with Crippen molar-refractivity contribution in [1.29, 1.82) is 0 Å². The van der Waals surface area contributed by atoms with Gasteiger partial charge in [-0.3, -0.25) is 0 Å². The number of nitrogens with two attached hydrogens (primary N) is 1. The van der Waals surface area contributed by atoms with Crippen LogP contribution in [-0.2, 0) is 19.5 Å². The van der Waals surface area contributed by atoms with Crippen molar-refractivity contribution < 1.29 is 22.7 Å². The van der Waals surface area contributed by atoms with Crippen LogP contribution in [0.2, 0.25) is 5.02 Å². The van der Waals surface area contributed by atoms with E-state index in [1.54, 1.807) is 0 Å². The highest BCUT2D eigenvalue weighted by Gasteiger charge is 2.25. The van der Waals surface area contributed by atoms with Crippen LogP contribution in [0.15, 0.2) is 21.5 Å². The molecule has 0 amide bonds. The minimum absolute atomic E-state index is 0.0402. The van der Waals surface area contributed by atoms with E-state index in [9.17, 15) is 13.2 Å². The van der Waals surface area contributed by atoms with Gasteiger partial charge in [-0.25, -0.2) is 18.4 Å². The first-order valence-electron chi connectivity index (χ1n) is 6.09. The maximum atomic E-state index is 12.2. The van der Waals surface area contributed by atoms with E-state index in [4.69, 9.17) is 26.2 Å². The number of carbonyl (C=O) groups is 1. The second-order valence-corrected chi connectivity index (χ2v) is 7.35. The van der Waals surface area contributed by atoms with Crippen molar-refractivity contribution in [2.24, 2.45) is 5.14 Å². The Kier molecular flexibility index (Phi) is 5.26. The van der Waals surface area contributed by atoms with Gasteiger partial charge in [0, 0.05) is 17.3 Å². The number of sulfonamides is 1. The van der Waals surface area contributed by atoms with Crippen molar-refractivity contribution in [2.75, 3.05) is 13.2 Å². The molecule has 0 radical (unpaired) electrons. The van der Waals surface area contributed by atoms with E-state index in [0.29, 0.717) is 30.5 Å². The van der Waals surface area contributed by atoms with Crippen LogP contribution in [0.3, 0.4) is 0 Å². The monoisotopic (exact) mass is 397 g/mol. The lowest BCUT2D eigenvalue weighted by Gasteiger charge is -2.22. The van der Waals surface area contributed by atoms with Crippen molar-refractivity contribution in [3.63, 3.8) is 0 Å². The predicted octanol–water partition coefficient (Wildman–Crippen LogP) is 2.09. The van der Waals surface area contributed by atoms with Crippen molar-refractivity contribution in [3.8, 4) is 0 Å². The lowest BCUT2D eigenvalue weighted by molar-refractivity contribution is -0.0159. The summed E-state index contributed by atoms with van der Waals surface area (Å²) in [5, 5.41) is 4.84. The lowest BCUT2D eigenvalue weighted by Crippen LogP contribution is -2.26. The molecule has 1 fully saturated rings. The van der Waals surface area contributed by atoms with Crippen LogP contribution in [0.4, 0.5) is 0 Å². The highest BCUT2D eigenvalue weighted by Crippen LogP contribution is 2.30. The van der Waals surface area contributed by atoms with E-state index < -0.39 is 16.0 Å². The quantitative estimate of drug-likeness (QED) is 0.787. The molecule has 0 atom stereocenters. The van der Waals surface area contributed by atoms with Crippen molar-refractivity contribution >= 4 is 43.5 Å². The molecule has 1 heterocycles. The Balaban J connectivity index is 2.30. The molecule has 0 spiro atoms. The Bertz CT molecular complexity index is 658. The molecule has 21 heavy (non-hydrogen) atoms. The number of ether oxygens (including phenoxy) is 2. The molecule has 0 unspecified atom stereocenters. The van der Waals surface area contributed by atoms with Gasteiger partial charge in [-0.1, -0.05) is 27.5 Å². The maximum absolute atomic E-state index is 12.2. The maximum Gasteiger partial charge on any atom is 0.340 e. The minimum Gasteiger partial charge on any atom is -0.459 e. The second kappa shape index (κ2) is 6.62. The molecule has 0 saturated carbocycles. The Morgan fingerprint density at radius 2 is 2.00 bits per heavy atom. The normalized spacial score (nSPS) is 16.7. The summed E-state index contributed by atoms with van der Waals surface area (Å²) in [7, 11) is -4.03. The van der Waals surface area contributed by atoms with Crippen LogP contribution in [0.25, 0.3) is 0 Å². The first-order chi connectivity index (χ1) is 9.79. The summed E-state index contributed by atoms with van der Waals surface area (Å²) in [5.74, 6) is -0.682. The second-order valence-electron chi connectivity index (χ2n) is 4.53. The smallest absolute Gasteiger partial charge is 0.340 e. The number of benzene rings is 1. The molecule has 9 heteroatoms. The average molecular weight is 399 g/mol. The van der Waals surface area contributed by atoms with Gasteiger partial charge < -0.3 is 9.47 Å². The fourth-order valence-electron chi connectivity index (χ4n) is 1.93. The van der Waals surface area contributed by atoms with E-state index in [2.05, 4.69) is 15.9 Å². The number of hydrogen-bond donors (Lipinski definition) is 1. The van der Waals surface area contributed by atoms with Crippen LogP contribution < -0.4 is 5.14 Å². The van der Waals surface area contributed by atoms with E-state index in [0.717, 1.165) is 0 Å². The SMILES string of the molecule is NS(=O)(=O)c1cc(Br)cc(C(=O)OC2CCOCC2)c1Cl. The van der Waals surface area contributed by atoms with Crippen molar-refractivity contribution in [3.05, 3.63) is 27.2 Å². The van der Waals surface area contributed by atoms with Crippen LogP contribution in [0.1, 0.15) is 23.2 Å². The molecule has 6 nitrogen and oxygen atoms in total. The minimum atomic E-state index is -4.03. The van der Waals surface area contributed by atoms with E-state index >= 15 is 0 Å². The highest BCUT2D eigenvalue weighted by atomic mass is 79.9. The van der Waals surface area contributed by atoms with Crippen LogP contribution in [0, 0.1) is 0 Å². The molecular weight excluding hydrogens is 386 g/mol. The number of halogens is 2. The van der Waals surface area contributed by atoms with Crippen LogP contribution in [0.5, 0.6) is 0 Å². The Morgan fingerprint density at radius 1 is 1.38 bits per heavy atom. The zero-order chi connectivity index (χ0) is 15.6. The lowest BCUT2D eigenvalue weighted by atomic mass is 10.1. The van der Waals surface area contributed by atoms with Gasteiger partial charge in [-0.05, 0) is 12.1 Å². The van der Waals surface area contributed by atoms with Gasteiger partial charge >= 0.3 is 5.97 Å². The zero-order valence-electron chi connectivity index (χ0n) is 10.8. The summed E-state index contributed by atoms with van der Waals surface area (Å²) in [6.07, 6.45) is 0.929. The summed E-state index contributed by atoms with van der Waals surface area (Å²) in [6, 6.07) is 2.64. The van der Waals surface area contributed by atoms with Gasteiger partial charge in [0.25, 0.3) is 0 Å². The molecule has 0 bridgehead atoms. The largest absolute Gasteiger partial charge is 0.459 e. The number of primary sulfonamides is 1. The third kappa shape index (κ3) is 4.17. The van der Waals surface area contributed by atoms with Gasteiger partial charge in [-0.2, -0.15) is 0 Å². The molecular formula is C12H13BrClNO5S. The van der Waals surface area contributed by atoms with Gasteiger partial charge in [0.2, 0.25) is 10.0 Å². The molecule has 2 rings (SSSR count). The third-order valence-electron chi connectivity index (χ3n) is 2.97. The first-order valence-corrected chi connectivity index (χ1v) is 8.81. The fraction of sp³-hybridized carbons (Fsp3) is 0.417. The van der Waals surface area contributed by atoms with Gasteiger partial charge in [0.05, 0.1) is 23.8 Å². The van der Waals surface area contributed by atoms with E-state index in [1.165, 1.54) is 12.1 Å². The number of rotatable bonds is 3. The van der Waals surface area contributed by atoms with Gasteiger partial charge in [0.15, 0.2) is 0 Å². The molecule has 2 N–H and O–H groups in total. The van der Waals surface area contributed by atoms with Crippen LogP contribution in [-0.4, -0.2) is 33.7 Å². The first kappa shape index (κ1) is 16.7. The molecule has 0 aromatic heterocycles. The Labute approximate surface area is 135 Å². The van der Waals surface area contributed by atoms with E-state index in [1.807, 2.05) is 0 Å². The van der Waals surface area contributed by atoms with Gasteiger partial charge in [-0.15, -0.1) is 0 Å². The number of hydrogen-bond acceptors (Lipinski definition) is 5. The molecule has 0 aliphatic carbocycles. The summed E-state index contributed by atoms with van der Waals surface area (Å²) >= 11 is 9.10. The summed E-state index contributed by atoms with van der Waals surface area (Å²) < 4.78 is 33.8. The average Bonchev–Trinajstić information content (AvgIpc) is 2.40. The predicted molar refractivity (Wildman–Crippen MR) is 79.8 cm³/mol. The summed E-state index contributed by atoms with van der Waals surface area (Å²) in [4.78, 5) is 11.8. The standard InChI is InChI=1S/C12H13BrClNO5S/c13-7-5-9(11(14)10(6-7)21(15,17)18)12(16)20-8-1-3-19-4-2-8/h5-6,8H,1-4H2,(H2,15,17,18). The van der Waals surface area contributed by atoms with Crippen molar-refractivity contribution in [2.45, 2.75) is 23.8 Å². The highest BCUT2D eigenvalue weighted by molar-refractivity contribution is 9.10. The summed E-state index contributed by atoms with van der Waals surface area (Å²) in [6.45, 7) is 1.04. The molecule has 116 valence electrons. The molecule has 1 saturated heterocycles. The van der Waals surface area contributed by atoms with E-state index in [-0.39, 0.29) is 21.6 Å². The number of carbonyl (C=O) groups excluding carboxylic acids is 1. The summed E-state index contributed by atoms with van der Waals surface area (Å²) in [5.41, 5.74) is -0.0402. The van der Waals surface area contributed by atoms with Crippen LogP contribution >= 0.6 is 27.5 Å². The Morgan fingerprint density at radius 3 is 2.57 bits per heavy atom. The molecule has 1 aliphatic heterocycles.